The van der Waals surface area contributed by atoms with E-state index in [9.17, 15) is 4.79 Å². The van der Waals surface area contributed by atoms with Gasteiger partial charge in [0.2, 0.25) is 5.91 Å². The van der Waals surface area contributed by atoms with Crippen molar-refractivity contribution in [3.05, 3.63) is 29.3 Å². The van der Waals surface area contributed by atoms with Gasteiger partial charge in [0.15, 0.2) is 0 Å². The molecule has 5 heteroatoms. The van der Waals surface area contributed by atoms with Gasteiger partial charge in [-0.05, 0) is 89.6 Å². The Hall–Kier alpha value is -1.59. The van der Waals surface area contributed by atoms with Crippen LogP contribution < -0.4 is 4.74 Å². The van der Waals surface area contributed by atoms with Crippen molar-refractivity contribution < 1.29 is 9.53 Å². The summed E-state index contributed by atoms with van der Waals surface area (Å²) in [6, 6.07) is 7.71. The van der Waals surface area contributed by atoms with Crippen molar-refractivity contribution in [3.8, 4) is 5.75 Å². The van der Waals surface area contributed by atoms with Gasteiger partial charge in [0.25, 0.3) is 0 Å². The van der Waals surface area contributed by atoms with Gasteiger partial charge in [0.05, 0.1) is 7.11 Å². The number of amides is 1. The molecule has 0 N–H and O–H groups in total. The monoisotopic (exact) mass is 429 g/mol. The highest BCUT2D eigenvalue weighted by molar-refractivity contribution is 5.76. The largest absolute Gasteiger partial charge is 0.496 e. The molecule has 0 aliphatic carbocycles. The minimum Gasteiger partial charge on any atom is -0.496 e. The maximum absolute atomic E-state index is 12.1. The summed E-state index contributed by atoms with van der Waals surface area (Å²) in [5.74, 6) is 1.31. The number of nitrogens with zero attached hydrogens (tertiary/aromatic N) is 3. The quantitative estimate of drug-likeness (QED) is 0.638. The number of rotatable bonds is 7. The van der Waals surface area contributed by atoms with Crippen molar-refractivity contribution in [2.75, 3.05) is 33.8 Å². The molecule has 1 spiro atoms. The predicted octanol–water partition coefficient (Wildman–Crippen LogP) is 4.54. The number of methoxy groups -OCH3 is 1. The Bertz CT molecular complexity index is 730. The highest BCUT2D eigenvalue weighted by Gasteiger charge is 2.37. The molecular formula is C26H43N3O2. The molecule has 1 aromatic rings. The van der Waals surface area contributed by atoms with Gasteiger partial charge in [-0.15, -0.1) is 0 Å². The zero-order valence-electron chi connectivity index (χ0n) is 20.6. The van der Waals surface area contributed by atoms with E-state index in [4.69, 9.17) is 4.74 Å². The fraction of sp³-hybridized carbons (Fsp3) is 0.731. The Labute approximate surface area is 189 Å². The summed E-state index contributed by atoms with van der Waals surface area (Å²) in [4.78, 5) is 19.1. The highest BCUT2D eigenvalue weighted by Crippen LogP contribution is 2.41. The molecule has 0 atom stereocenters. The first kappa shape index (κ1) is 24.1. The van der Waals surface area contributed by atoms with E-state index in [0.717, 1.165) is 57.7 Å². The maximum atomic E-state index is 12.1. The van der Waals surface area contributed by atoms with Crippen LogP contribution in [0.3, 0.4) is 0 Å². The lowest BCUT2D eigenvalue weighted by atomic mass is 9.73. The number of benzene rings is 1. The fourth-order valence-electron chi connectivity index (χ4n) is 5.37. The van der Waals surface area contributed by atoms with Crippen molar-refractivity contribution in [2.24, 2.45) is 5.41 Å². The normalized spacial score (nSPS) is 20.2. The first-order chi connectivity index (χ1) is 14.7. The summed E-state index contributed by atoms with van der Waals surface area (Å²) in [7, 11) is 3.73. The lowest BCUT2D eigenvalue weighted by Gasteiger charge is -2.41. The number of likely N-dealkylation sites (tertiary alicyclic amines) is 2. The van der Waals surface area contributed by atoms with Crippen LogP contribution in [0.5, 0.6) is 5.75 Å². The maximum Gasteiger partial charge on any atom is 0.222 e. The Morgan fingerprint density at radius 3 is 2.29 bits per heavy atom. The van der Waals surface area contributed by atoms with Gasteiger partial charge >= 0.3 is 0 Å². The van der Waals surface area contributed by atoms with E-state index < -0.39 is 0 Å². The second-order valence-electron chi connectivity index (χ2n) is 10.3. The van der Waals surface area contributed by atoms with Gasteiger partial charge in [-0.25, -0.2) is 0 Å². The van der Waals surface area contributed by atoms with Gasteiger partial charge in [-0.3, -0.25) is 14.6 Å². The molecule has 0 bridgehead atoms. The molecule has 2 aliphatic heterocycles. The molecule has 0 radical (unpaired) electrons. The van der Waals surface area contributed by atoms with E-state index in [1.54, 1.807) is 7.11 Å². The standard InChI is InChI=1S/C26H43N3O2/c1-20(2)29(21(3)4)19-23-17-22(7-8-24(23)31-6)18-28-15-12-26(13-16-28)10-9-25(30)27(5)14-11-26/h7-8,17,20-21H,9-16,18-19H2,1-6H3. The third-order valence-electron chi connectivity index (χ3n) is 7.62. The van der Waals surface area contributed by atoms with E-state index in [1.165, 1.54) is 24.0 Å². The summed E-state index contributed by atoms with van der Waals surface area (Å²) < 4.78 is 5.68. The molecule has 2 aliphatic rings. The molecule has 3 rings (SSSR count). The number of carbonyl (C=O) groups excluding carboxylic acids is 1. The van der Waals surface area contributed by atoms with Crippen LogP contribution in [0.15, 0.2) is 18.2 Å². The Balaban J connectivity index is 1.64. The van der Waals surface area contributed by atoms with Crippen molar-refractivity contribution in [1.29, 1.82) is 0 Å². The van der Waals surface area contributed by atoms with Crippen molar-refractivity contribution in [1.82, 2.24) is 14.7 Å². The summed E-state index contributed by atoms with van der Waals surface area (Å²) in [5.41, 5.74) is 3.02. The fourth-order valence-corrected chi connectivity index (χ4v) is 5.37. The average Bonchev–Trinajstić information content (AvgIpc) is 2.88. The molecule has 5 nitrogen and oxygen atoms in total. The summed E-state index contributed by atoms with van der Waals surface area (Å²) >= 11 is 0. The summed E-state index contributed by atoms with van der Waals surface area (Å²) in [6.45, 7) is 14.1. The molecule has 31 heavy (non-hydrogen) atoms. The average molecular weight is 430 g/mol. The second-order valence-corrected chi connectivity index (χ2v) is 10.3. The van der Waals surface area contributed by atoms with Crippen LogP contribution in [0, 0.1) is 5.41 Å². The first-order valence-electron chi connectivity index (χ1n) is 12.1. The molecule has 174 valence electrons. The molecule has 1 amide bonds. The van der Waals surface area contributed by atoms with Crippen LogP contribution in [-0.4, -0.2) is 66.5 Å². The minimum atomic E-state index is 0.321. The Morgan fingerprint density at radius 2 is 1.68 bits per heavy atom. The number of piperidine rings is 1. The van der Waals surface area contributed by atoms with Crippen LogP contribution in [-0.2, 0) is 17.9 Å². The van der Waals surface area contributed by atoms with Gasteiger partial charge < -0.3 is 9.64 Å². The Kier molecular flexibility index (Phi) is 8.03. The Morgan fingerprint density at radius 1 is 1.03 bits per heavy atom. The number of carbonyl (C=O) groups is 1. The molecule has 2 heterocycles. The van der Waals surface area contributed by atoms with E-state index >= 15 is 0 Å². The molecule has 0 saturated carbocycles. The molecular weight excluding hydrogens is 386 g/mol. The highest BCUT2D eigenvalue weighted by atomic mass is 16.5. The van der Waals surface area contributed by atoms with E-state index in [2.05, 4.69) is 55.7 Å². The molecule has 0 aromatic heterocycles. The van der Waals surface area contributed by atoms with Gasteiger partial charge in [-0.2, -0.15) is 0 Å². The van der Waals surface area contributed by atoms with Gasteiger partial charge in [0, 0.05) is 50.7 Å². The van der Waals surface area contributed by atoms with E-state index in [0.29, 0.717) is 23.4 Å². The van der Waals surface area contributed by atoms with Crippen LogP contribution in [0.4, 0.5) is 0 Å². The SMILES string of the molecule is COc1ccc(CN2CCC3(CCC(=O)N(C)CC3)CC2)cc1CN(C(C)C)C(C)C. The summed E-state index contributed by atoms with van der Waals surface area (Å²) in [6.07, 6.45) is 5.38. The van der Waals surface area contributed by atoms with Crippen molar-refractivity contribution in [3.63, 3.8) is 0 Å². The minimum absolute atomic E-state index is 0.321. The smallest absolute Gasteiger partial charge is 0.222 e. The zero-order chi connectivity index (χ0) is 22.6. The van der Waals surface area contributed by atoms with Crippen molar-refractivity contribution in [2.45, 2.75) is 85.0 Å². The zero-order valence-corrected chi connectivity index (χ0v) is 20.6. The number of hydrogen-bond acceptors (Lipinski definition) is 4. The second kappa shape index (κ2) is 10.4. The third-order valence-corrected chi connectivity index (χ3v) is 7.62. The van der Waals surface area contributed by atoms with Gasteiger partial charge in [0.1, 0.15) is 5.75 Å². The van der Waals surface area contributed by atoms with Crippen molar-refractivity contribution >= 4 is 5.91 Å². The topological polar surface area (TPSA) is 36.0 Å². The van der Waals surface area contributed by atoms with E-state index in [-0.39, 0.29) is 0 Å². The third kappa shape index (κ3) is 6.01. The lowest BCUT2D eigenvalue weighted by Crippen LogP contribution is -2.40. The van der Waals surface area contributed by atoms with E-state index in [1.807, 2.05) is 11.9 Å². The molecule has 2 fully saturated rings. The van der Waals surface area contributed by atoms with Crippen LogP contribution in [0.1, 0.15) is 70.9 Å². The molecule has 0 unspecified atom stereocenters. The summed E-state index contributed by atoms with van der Waals surface area (Å²) in [5, 5.41) is 0. The number of hydrogen-bond donors (Lipinski definition) is 0. The van der Waals surface area contributed by atoms with Crippen LogP contribution in [0.25, 0.3) is 0 Å². The predicted molar refractivity (Wildman–Crippen MR) is 127 cm³/mol. The first-order valence-corrected chi connectivity index (χ1v) is 12.1. The lowest BCUT2D eigenvalue weighted by molar-refractivity contribution is -0.129. The van der Waals surface area contributed by atoms with Crippen LogP contribution in [0.2, 0.25) is 0 Å². The molecule has 2 saturated heterocycles. The van der Waals surface area contributed by atoms with Crippen LogP contribution >= 0.6 is 0 Å². The molecule has 1 aromatic carbocycles. The van der Waals surface area contributed by atoms with Gasteiger partial charge in [-0.1, -0.05) is 6.07 Å². The number of ether oxygens (including phenoxy) is 1.